The average Bonchev–Trinajstić information content (AvgIpc) is 3.43. The fourth-order valence-corrected chi connectivity index (χ4v) is 8.21. The van der Waals surface area contributed by atoms with Crippen molar-refractivity contribution < 1.29 is 0 Å². The van der Waals surface area contributed by atoms with Crippen molar-refractivity contribution in [2.24, 2.45) is 0 Å². The van der Waals surface area contributed by atoms with Crippen LogP contribution >= 0.6 is 0 Å². The first kappa shape index (κ1) is 28.4. The Balaban J connectivity index is 0.00000153. The lowest BCUT2D eigenvalue weighted by molar-refractivity contribution is 0.620. The van der Waals surface area contributed by atoms with Gasteiger partial charge in [0.15, 0.2) is 0 Å². The van der Waals surface area contributed by atoms with E-state index >= 15 is 0 Å². The Kier molecular flexibility index (Phi) is 6.31. The highest BCUT2D eigenvalue weighted by molar-refractivity contribution is 6.17. The van der Waals surface area contributed by atoms with Gasteiger partial charge in [-0.2, -0.15) is 0 Å². The van der Waals surface area contributed by atoms with Crippen LogP contribution in [-0.4, -0.2) is 4.57 Å². The molecule has 2 heteroatoms. The van der Waals surface area contributed by atoms with Crippen molar-refractivity contribution in [3.63, 3.8) is 0 Å². The van der Waals surface area contributed by atoms with Crippen LogP contribution in [0.3, 0.4) is 0 Å². The number of hydrogen-bond donors (Lipinski definition) is 0. The maximum absolute atomic E-state index is 2.55. The SMILES string of the molecule is CC.CC1(C)c2ccccc2N(c2ccccc2)c2cc3c4c(c21)c1cc(-c2ccccc2)ccc1n4-c1ccccc1C3(C)C. The standard InChI is InChI=1S/C42H34N2.C2H6/c1-41(2)31-19-11-14-22-36(31)44-34-24-23-28(27-15-7-5-8-16-27)25-30(34)38-39-37(26-33(41)40(38)44)43(29-17-9-6-10-18-29)35-21-13-12-20-32(35)42(39,3)4;1-2/h5-26H,1-4H3;1-2H3. The van der Waals surface area contributed by atoms with Crippen molar-refractivity contribution in [3.05, 3.63) is 156 Å². The Hall–Kier alpha value is -5.08. The summed E-state index contributed by atoms with van der Waals surface area (Å²) >= 11 is 0. The molecule has 0 radical (unpaired) electrons. The minimum Gasteiger partial charge on any atom is -0.310 e. The summed E-state index contributed by atoms with van der Waals surface area (Å²) in [6.07, 6.45) is 0. The van der Waals surface area contributed by atoms with Crippen molar-refractivity contribution >= 4 is 38.9 Å². The van der Waals surface area contributed by atoms with Crippen LogP contribution in [0, 0.1) is 0 Å². The Bertz CT molecular complexity index is 2270. The van der Waals surface area contributed by atoms with E-state index in [9.17, 15) is 0 Å². The van der Waals surface area contributed by atoms with Crippen LogP contribution in [-0.2, 0) is 10.8 Å². The highest BCUT2D eigenvalue weighted by Gasteiger charge is 2.43. The molecular formula is C44H40N2. The van der Waals surface area contributed by atoms with Gasteiger partial charge < -0.3 is 9.47 Å². The molecule has 0 aliphatic carbocycles. The van der Waals surface area contributed by atoms with Crippen LogP contribution in [0.1, 0.15) is 63.8 Å². The van der Waals surface area contributed by atoms with Crippen LogP contribution < -0.4 is 4.90 Å². The van der Waals surface area contributed by atoms with Gasteiger partial charge in [0, 0.05) is 27.3 Å². The molecule has 0 atom stereocenters. The second-order valence-corrected chi connectivity index (χ2v) is 13.4. The molecule has 0 N–H and O–H groups in total. The van der Waals surface area contributed by atoms with E-state index in [1.165, 1.54) is 77.9 Å². The number of para-hydroxylation sites is 3. The zero-order valence-electron chi connectivity index (χ0n) is 27.6. The van der Waals surface area contributed by atoms with Crippen LogP contribution in [0.25, 0.3) is 38.6 Å². The Labute approximate surface area is 272 Å². The molecule has 9 rings (SSSR count). The summed E-state index contributed by atoms with van der Waals surface area (Å²) in [6, 6.07) is 49.3. The minimum atomic E-state index is -0.224. The molecule has 2 nitrogen and oxygen atoms in total. The lowest BCUT2D eigenvalue weighted by atomic mass is 9.68. The molecule has 0 saturated carbocycles. The van der Waals surface area contributed by atoms with E-state index in [1.807, 2.05) is 13.8 Å². The molecule has 7 aromatic rings. The first-order valence-electron chi connectivity index (χ1n) is 16.6. The molecule has 3 heterocycles. The van der Waals surface area contributed by atoms with E-state index in [1.54, 1.807) is 0 Å². The zero-order valence-corrected chi connectivity index (χ0v) is 27.6. The average molecular weight is 597 g/mol. The van der Waals surface area contributed by atoms with Gasteiger partial charge >= 0.3 is 0 Å². The molecular weight excluding hydrogens is 556 g/mol. The number of benzene rings is 6. The van der Waals surface area contributed by atoms with Gasteiger partial charge in [-0.1, -0.05) is 133 Å². The maximum Gasteiger partial charge on any atom is 0.0586 e. The van der Waals surface area contributed by atoms with E-state index in [0.29, 0.717) is 0 Å². The van der Waals surface area contributed by atoms with Gasteiger partial charge in [-0.25, -0.2) is 0 Å². The molecule has 0 saturated heterocycles. The van der Waals surface area contributed by atoms with Gasteiger partial charge in [-0.3, -0.25) is 0 Å². The summed E-state index contributed by atoms with van der Waals surface area (Å²) in [4.78, 5) is 2.51. The lowest BCUT2D eigenvalue weighted by Crippen LogP contribution is -2.33. The van der Waals surface area contributed by atoms with E-state index in [-0.39, 0.29) is 10.8 Å². The smallest absolute Gasteiger partial charge is 0.0586 e. The molecule has 0 fully saturated rings. The number of hydrogen-bond acceptors (Lipinski definition) is 1. The third kappa shape index (κ3) is 3.76. The zero-order chi connectivity index (χ0) is 31.8. The number of aromatic nitrogens is 1. The van der Waals surface area contributed by atoms with Gasteiger partial charge in [-0.15, -0.1) is 0 Å². The molecule has 2 aliphatic rings. The van der Waals surface area contributed by atoms with Crippen LogP contribution in [0.4, 0.5) is 17.1 Å². The quantitative estimate of drug-likeness (QED) is 0.193. The van der Waals surface area contributed by atoms with E-state index in [0.717, 1.165) is 0 Å². The number of rotatable bonds is 2. The molecule has 46 heavy (non-hydrogen) atoms. The van der Waals surface area contributed by atoms with Gasteiger partial charge in [0.2, 0.25) is 0 Å². The molecule has 0 spiro atoms. The van der Waals surface area contributed by atoms with Crippen LogP contribution in [0.15, 0.2) is 133 Å². The topological polar surface area (TPSA) is 8.17 Å². The third-order valence-corrected chi connectivity index (χ3v) is 10.3. The highest BCUT2D eigenvalue weighted by Crippen LogP contribution is 2.59. The molecule has 0 amide bonds. The second-order valence-electron chi connectivity index (χ2n) is 13.4. The predicted molar refractivity (Wildman–Crippen MR) is 197 cm³/mol. The molecule has 2 aliphatic heterocycles. The van der Waals surface area contributed by atoms with Crippen molar-refractivity contribution in [3.8, 4) is 16.8 Å². The van der Waals surface area contributed by atoms with Gasteiger partial charge in [0.25, 0.3) is 0 Å². The molecule has 0 bridgehead atoms. The lowest BCUT2D eigenvalue weighted by Gasteiger charge is -2.44. The van der Waals surface area contributed by atoms with Crippen molar-refractivity contribution in [2.45, 2.75) is 52.4 Å². The Morgan fingerprint density at radius 2 is 1.07 bits per heavy atom. The molecule has 6 aromatic carbocycles. The Morgan fingerprint density at radius 3 is 1.76 bits per heavy atom. The summed E-state index contributed by atoms with van der Waals surface area (Å²) in [5.74, 6) is 0. The highest BCUT2D eigenvalue weighted by atomic mass is 15.2. The monoisotopic (exact) mass is 596 g/mol. The molecule has 0 unspecified atom stereocenters. The van der Waals surface area contributed by atoms with Crippen molar-refractivity contribution in [1.29, 1.82) is 0 Å². The van der Waals surface area contributed by atoms with Crippen molar-refractivity contribution in [1.82, 2.24) is 4.57 Å². The molecule has 226 valence electrons. The summed E-state index contributed by atoms with van der Waals surface area (Å²) in [7, 11) is 0. The maximum atomic E-state index is 2.55. The van der Waals surface area contributed by atoms with Gasteiger partial charge in [-0.05, 0) is 75.8 Å². The summed E-state index contributed by atoms with van der Waals surface area (Å²) in [5.41, 5.74) is 15.2. The van der Waals surface area contributed by atoms with E-state index in [4.69, 9.17) is 0 Å². The number of nitrogens with zero attached hydrogens (tertiary/aromatic N) is 2. The number of fused-ring (bicyclic) bond motifs is 8. The van der Waals surface area contributed by atoms with Crippen LogP contribution in [0.2, 0.25) is 0 Å². The fourth-order valence-electron chi connectivity index (χ4n) is 8.21. The summed E-state index contributed by atoms with van der Waals surface area (Å²) in [5, 5.41) is 2.68. The first-order chi connectivity index (χ1) is 22.4. The van der Waals surface area contributed by atoms with Crippen LogP contribution in [0.5, 0.6) is 0 Å². The van der Waals surface area contributed by atoms with Gasteiger partial charge in [0.05, 0.1) is 28.1 Å². The normalized spacial score (nSPS) is 15.0. The number of anilines is 3. The minimum absolute atomic E-state index is 0.181. The summed E-state index contributed by atoms with van der Waals surface area (Å²) < 4.78 is 2.55. The second kappa shape index (κ2) is 10.2. The third-order valence-electron chi connectivity index (χ3n) is 10.3. The fraction of sp³-hybridized carbons (Fsp3) is 0.182. The summed E-state index contributed by atoms with van der Waals surface area (Å²) in [6.45, 7) is 13.6. The van der Waals surface area contributed by atoms with Gasteiger partial charge in [0.1, 0.15) is 0 Å². The predicted octanol–water partition coefficient (Wildman–Crippen LogP) is 12.2. The van der Waals surface area contributed by atoms with E-state index in [2.05, 4.69) is 171 Å². The van der Waals surface area contributed by atoms with Crippen molar-refractivity contribution in [2.75, 3.05) is 4.90 Å². The Morgan fingerprint density at radius 1 is 0.478 bits per heavy atom. The largest absolute Gasteiger partial charge is 0.310 e. The molecule has 1 aromatic heterocycles. The van der Waals surface area contributed by atoms with E-state index < -0.39 is 0 Å². The first-order valence-corrected chi connectivity index (χ1v) is 16.6.